The lowest BCUT2D eigenvalue weighted by atomic mass is 9.93. The summed E-state index contributed by atoms with van der Waals surface area (Å²) in [5, 5.41) is 10.6. The zero-order chi connectivity index (χ0) is 28.5. The summed E-state index contributed by atoms with van der Waals surface area (Å²) in [6, 6.07) is 5.17. The molecule has 0 aromatic carbocycles. The van der Waals surface area contributed by atoms with Crippen molar-refractivity contribution in [1.29, 1.82) is 0 Å². The van der Waals surface area contributed by atoms with Gasteiger partial charge in [-0.3, -0.25) is 0 Å². The fourth-order valence-corrected chi connectivity index (χ4v) is 5.59. The number of ether oxygens (including phenoxy) is 1. The number of anilines is 2. The number of pyridine rings is 2. The summed E-state index contributed by atoms with van der Waals surface area (Å²) in [6.07, 6.45) is 4.41. The minimum Gasteiger partial charge on any atom is -0.444 e. The molecule has 2 aromatic heterocycles. The second kappa shape index (κ2) is 10.8. The predicted octanol–water partition coefficient (Wildman–Crippen LogP) is 2.73. The van der Waals surface area contributed by atoms with Crippen LogP contribution in [0.15, 0.2) is 46.5 Å². The van der Waals surface area contributed by atoms with Crippen LogP contribution in [0.3, 0.4) is 0 Å². The van der Waals surface area contributed by atoms with Crippen molar-refractivity contribution in [2.75, 3.05) is 18.0 Å². The molecule has 0 spiro atoms. The Morgan fingerprint density at radius 3 is 2.00 bits per heavy atom. The molecule has 14 heteroatoms. The first-order chi connectivity index (χ1) is 17.4. The largest absolute Gasteiger partial charge is 0.444 e. The standard InChI is InChI=1S/C24H36N6O6S2/c1-23(2,3)36-22(31)30-16-17(15-24(30,4)5)7-6-12-29(20-13-18(8-10-27-20)37(25,32)33)21-14-19(9-11-28-21)38(26,34)35/h8-11,13-14,17H,6-7,12,15-16H2,1-5H3,(H2,25,32,33)(H2,26,34,35). The van der Waals surface area contributed by atoms with Gasteiger partial charge in [0.2, 0.25) is 20.0 Å². The first-order valence-electron chi connectivity index (χ1n) is 12.1. The molecule has 1 amide bonds. The number of sulfonamides is 2. The van der Waals surface area contributed by atoms with Gasteiger partial charge in [0.1, 0.15) is 17.2 Å². The average Bonchev–Trinajstić information content (AvgIpc) is 3.09. The molecule has 1 aliphatic heterocycles. The van der Waals surface area contributed by atoms with Crippen molar-refractivity contribution in [2.24, 2.45) is 16.2 Å². The van der Waals surface area contributed by atoms with E-state index in [4.69, 9.17) is 15.0 Å². The van der Waals surface area contributed by atoms with Gasteiger partial charge in [0.25, 0.3) is 0 Å². The Kier molecular flexibility index (Phi) is 8.41. The number of carbonyl (C=O) groups excluding carboxylic acids is 1. The molecule has 0 radical (unpaired) electrons. The highest BCUT2D eigenvalue weighted by Crippen LogP contribution is 2.36. The van der Waals surface area contributed by atoms with Gasteiger partial charge in [-0.15, -0.1) is 0 Å². The Morgan fingerprint density at radius 1 is 1.05 bits per heavy atom. The van der Waals surface area contributed by atoms with Gasteiger partial charge in [-0.25, -0.2) is 41.9 Å². The summed E-state index contributed by atoms with van der Waals surface area (Å²) in [4.78, 5) is 24.4. The molecule has 1 fully saturated rings. The van der Waals surface area contributed by atoms with Crippen molar-refractivity contribution < 1.29 is 26.4 Å². The van der Waals surface area contributed by atoms with Crippen LogP contribution in [0.2, 0.25) is 0 Å². The van der Waals surface area contributed by atoms with E-state index in [1.165, 1.54) is 36.7 Å². The van der Waals surface area contributed by atoms with Crippen LogP contribution in [0.5, 0.6) is 0 Å². The number of nitrogens with two attached hydrogens (primary N) is 2. The number of primary sulfonamides is 2. The predicted molar refractivity (Wildman–Crippen MR) is 143 cm³/mol. The molecule has 0 aliphatic carbocycles. The molecule has 1 atom stereocenters. The molecular weight excluding hydrogens is 532 g/mol. The minimum atomic E-state index is -4.00. The van der Waals surface area contributed by atoms with Crippen LogP contribution in [0.25, 0.3) is 0 Å². The van der Waals surface area contributed by atoms with Gasteiger partial charge < -0.3 is 14.5 Å². The smallest absolute Gasteiger partial charge is 0.410 e. The van der Waals surface area contributed by atoms with E-state index in [-0.39, 0.29) is 39.0 Å². The van der Waals surface area contributed by atoms with E-state index in [9.17, 15) is 21.6 Å². The SMILES string of the molecule is CC(C)(C)OC(=O)N1CC(CCCN(c2cc(S(N)(=O)=O)ccn2)c2cc(S(N)(=O)=O)ccn2)CC1(C)C. The number of likely N-dealkylation sites (tertiary alicyclic amines) is 1. The topological polar surface area (TPSA) is 179 Å². The van der Waals surface area contributed by atoms with Gasteiger partial charge >= 0.3 is 6.09 Å². The van der Waals surface area contributed by atoms with Crippen LogP contribution in [-0.2, 0) is 24.8 Å². The molecule has 1 saturated heterocycles. The molecule has 2 aromatic rings. The van der Waals surface area contributed by atoms with Gasteiger partial charge in [0.15, 0.2) is 0 Å². The number of hydrogen-bond acceptors (Lipinski definition) is 9. The number of amides is 1. The van der Waals surface area contributed by atoms with Crippen LogP contribution in [0.1, 0.15) is 53.9 Å². The summed E-state index contributed by atoms with van der Waals surface area (Å²) in [5.74, 6) is 0.669. The summed E-state index contributed by atoms with van der Waals surface area (Å²) < 4.78 is 53.3. The highest BCUT2D eigenvalue weighted by Gasteiger charge is 2.42. The van der Waals surface area contributed by atoms with Gasteiger partial charge in [0, 0.05) is 43.2 Å². The zero-order valence-electron chi connectivity index (χ0n) is 22.3. The molecule has 0 saturated carbocycles. The second-order valence-corrected chi connectivity index (χ2v) is 14.2. The number of carbonyl (C=O) groups is 1. The van der Waals surface area contributed by atoms with Crippen molar-refractivity contribution in [3.63, 3.8) is 0 Å². The molecule has 1 aliphatic rings. The van der Waals surface area contributed by atoms with E-state index < -0.39 is 25.6 Å². The summed E-state index contributed by atoms with van der Waals surface area (Å²) in [5.41, 5.74) is -0.966. The fraction of sp³-hybridized carbons (Fsp3) is 0.542. The summed E-state index contributed by atoms with van der Waals surface area (Å²) in [6.45, 7) is 10.4. The lowest BCUT2D eigenvalue weighted by Gasteiger charge is -2.33. The van der Waals surface area contributed by atoms with Crippen molar-refractivity contribution in [3.05, 3.63) is 36.7 Å². The highest BCUT2D eigenvalue weighted by molar-refractivity contribution is 7.89. The normalized spacial score (nSPS) is 17.9. The van der Waals surface area contributed by atoms with Gasteiger partial charge in [-0.05, 0) is 71.9 Å². The highest BCUT2D eigenvalue weighted by atomic mass is 32.2. The van der Waals surface area contributed by atoms with Crippen molar-refractivity contribution in [1.82, 2.24) is 14.9 Å². The Bertz CT molecular complexity index is 1310. The molecule has 4 N–H and O–H groups in total. The molecule has 210 valence electrons. The first kappa shape index (κ1) is 29.7. The van der Waals surface area contributed by atoms with Crippen LogP contribution in [0.4, 0.5) is 16.4 Å². The molecule has 1 unspecified atom stereocenters. The van der Waals surface area contributed by atoms with Crippen molar-refractivity contribution in [3.8, 4) is 0 Å². The van der Waals surface area contributed by atoms with Crippen LogP contribution in [-0.4, -0.2) is 62.0 Å². The van der Waals surface area contributed by atoms with E-state index in [1.807, 2.05) is 34.6 Å². The Morgan fingerprint density at radius 2 is 1.55 bits per heavy atom. The Labute approximate surface area is 224 Å². The second-order valence-electron chi connectivity index (χ2n) is 11.1. The summed E-state index contributed by atoms with van der Waals surface area (Å²) in [7, 11) is -8.00. The molecule has 38 heavy (non-hydrogen) atoms. The number of aromatic nitrogens is 2. The van der Waals surface area contributed by atoms with Crippen LogP contribution >= 0.6 is 0 Å². The first-order valence-corrected chi connectivity index (χ1v) is 15.2. The third-order valence-corrected chi connectivity index (χ3v) is 8.03. The molecule has 12 nitrogen and oxygen atoms in total. The minimum absolute atomic E-state index is 0.138. The third kappa shape index (κ3) is 7.62. The van der Waals surface area contributed by atoms with E-state index in [2.05, 4.69) is 9.97 Å². The molecule has 3 rings (SSSR count). The van der Waals surface area contributed by atoms with Crippen molar-refractivity contribution >= 4 is 37.8 Å². The Balaban J connectivity index is 1.82. The monoisotopic (exact) mass is 568 g/mol. The maximum absolute atomic E-state index is 12.8. The lowest BCUT2D eigenvalue weighted by molar-refractivity contribution is 0.0131. The van der Waals surface area contributed by atoms with Gasteiger partial charge in [-0.2, -0.15) is 0 Å². The van der Waals surface area contributed by atoms with E-state index >= 15 is 0 Å². The van der Waals surface area contributed by atoms with Crippen LogP contribution < -0.4 is 15.2 Å². The molecular formula is C24H36N6O6S2. The van der Waals surface area contributed by atoms with Gasteiger partial charge in [-0.1, -0.05) is 0 Å². The third-order valence-electron chi connectivity index (χ3n) is 6.21. The summed E-state index contributed by atoms with van der Waals surface area (Å²) >= 11 is 0. The number of hydrogen-bond donors (Lipinski definition) is 2. The van der Waals surface area contributed by atoms with Gasteiger partial charge in [0.05, 0.1) is 9.79 Å². The van der Waals surface area contributed by atoms with E-state index in [0.717, 1.165) is 12.8 Å². The quantitative estimate of drug-likeness (QED) is 0.484. The molecule has 0 bridgehead atoms. The maximum Gasteiger partial charge on any atom is 0.410 e. The fourth-order valence-electron chi connectivity index (χ4n) is 4.55. The van der Waals surface area contributed by atoms with E-state index in [1.54, 1.807) is 9.80 Å². The maximum atomic E-state index is 12.8. The average molecular weight is 569 g/mol. The molecule has 3 heterocycles. The van der Waals surface area contributed by atoms with E-state index in [0.29, 0.717) is 19.5 Å². The Hall–Kier alpha value is -2.81. The van der Waals surface area contributed by atoms with Crippen LogP contribution in [0, 0.1) is 5.92 Å². The number of nitrogens with zero attached hydrogens (tertiary/aromatic N) is 4. The van der Waals surface area contributed by atoms with Crippen molar-refractivity contribution in [2.45, 2.75) is 74.8 Å². The zero-order valence-corrected chi connectivity index (χ0v) is 23.9. The number of rotatable bonds is 8. The lowest BCUT2D eigenvalue weighted by Crippen LogP contribution is -2.45.